The quantitative estimate of drug-likeness (QED) is 0.729. The van der Waals surface area contributed by atoms with Crippen LogP contribution in [0.15, 0.2) is 48.5 Å². The van der Waals surface area contributed by atoms with Crippen molar-refractivity contribution in [2.45, 2.75) is 20.0 Å². The number of carbonyl (C=O) groups excluding carboxylic acids is 1. The van der Waals surface area contributed by atoms with Crippen LogP contribution in [0, 0.1) is 0 Å². The molecule has 0 spiro atoms. The molecule has 144 valence electrons. The number of hydrogen-bond donors (Lipinski definition) is 1. The number of aromatic nitrogens is 2. The number of benzene rings is 2. The summed E-state index contributed by atoms with van der Waals surface area (Å²) in [5.74, 6) is 1.89. The van der Waals surface area contributed by atoms with Crippen LogP contribution < -0.4 is 19.5 Å². The largest absolute Gasteiger partial charge is 0.491 e. The molecule has 0 saturated carbocycles. The lowest BCUT2D eigenvalue weighted by molar-refractivity contribution is 0.102. The lowest BCUT2D eigenvalue weighted by atomic mass is 10.1. The maximum atomic E-state index is 12.6. The van der Waals surface area contributed by atoms with E-state index in [-0.39, 0.29) is 18.8 Å². The molecule has 7 nitrogen and oxygen atoms in total. The van der Waals surface area contributed by atoms with Crippen molar-refractivity contribution in [1.29, 1.82) is 0 Å². The summed E-state index contributed by atoms with van der Waals surface area (Å²) in [5.41, 5.74) is 2.71. The SMILES string of the molecule is CC(C)Oc1ccc(NC(=O)c2cc(-c3ccc4c(c3)OCO4)n(C)n2)cc1. The smallest absolute Gasteiger partial charge is 0.276 e. The molecule has 7 heteroatoms. The minimum Gasteiger partial charge on any atom is -0.491 e. The second-order valence-corrected chi connectivity index (χ2v) is 6.75. The van der Waals surface area contributed by atoms with Gasteiger partial charge in [-0.05, 0) is 62.4 Å². The van der Waals surface area contributed by atoms with E-state index >= 15 is 0 Å². The predicted octanol–water partition coefficient (Wildman–Crippen LogP) is 3.86. The van der Waals surface area contributed by atoms with Gasteiger partial charge in [-0.15, -0.1) is 0 Å². The van der Waals surface area contributed by atoms with Gasteiger partial charge in [-0.2, -0.15) is 5.10 Å². The van der Waals surface area contributed by atoms with Crippen LogP contribution in [-0.4, -0.2) is 28.6 Å². The number of fused-ring (bicyclic) bond motifs is 1. The van der Waals surface area contributed by atoms with E-state index in [4.69, 9.17) is 14.2 Å². The fraction of sp³-hybridized carbons (Fsp3) is 0.238. The monoisotopic (exact) mass is 379 g/mol. The van der Waals surface area contributed by atoms with E-state index in [9.17, 15) is 4.79 Å². The highest BCUT2D eigenvalue weighted by Gasteiger charge is 2.18. The van der Waals surface area contributed by atoms with Gasteiger partial charge in [0.15, 0.2) is 17.2 Å². The number of anilines is 1. The molecule has 28 heavy (non-hydrogen) atoms. The van der Waals surface area contributed by atoms with Gasteiger partial charge in [0, 0.05) is 18.3 Å². The third-order valence-corrected chi connectivity index (χ3v) is 4.26. The number of ether oxygens (including phenoxy) is 3. The molecule has 0 unspecified atom stereocenters. The van der Waals surface area contributed by atoms with Gasteiger partial charge in [0.05, 0.1) is 11.8 Å². The zero-order chi connectivity index (χ0) is 19.7. The van der Waals surface area contributed by atoms with Crippen molar-refractivity contribution in [3.05, 3.63) is 54.2 Å². The van der Waals surface area contributed by atoms with Crippen molar-refractivity contribution < 1.29 is 19.0 Å². The van der Waals surface area contributed by atoms with Gasteiger partial charge in [-0.3, -0.25) is 9.48 Å². The molecule has 0 radical (unpaired) electrons. The normalized spacial score (nSPS) is 12.3. The summed E-state index contributed by atoms with van der Waals surface area (Å²) in [4.78, 5) is 12.6. The summed E-state index contributed by atoms with van der Waals surface area (Å²) in [6.07, 6.45) is 0.101. The van der Waals surface area contributed by atoms with Crippen LogP contribution in [0.2, 0.25) is 0 Å². The summed E-state index contributed by atoms with van der Waals surface area (Å²) in [6, 6.07) is 14.7. The van der Waals surface area contributed by atoms with Gasteiger partial charge in [0.2, 0.25) is 6.79 Å². The summed E-state index contributed by atoms with van der Waals surface area (Å²) >= 11 is 0. The van der Waals surface area contributed by atoms with Crippen molar-refractivity contribution in [2.24, 2.45) is 7.05 Å². The molecule has 2 heterocycles. The topological polar surface area (TPSA) is 74.6 Å². The van der Waals surface area contributed by atoms with Crippen molar-refractivity contribution >= 4 is 11.6 Å². The molecule has 0 bridgehead atoms. The minimum atomic E-state index is -0.278. The first kappa shape index (κ1) is 17.9. The Labute approximate surface area is 162 Å². The van der Waals surface area contributed by atoms with Crippen molar-refractivity contribution in [3.8, 4) is 28.5 Å². The second-order valence-electron chi connectivity index (χ2n) is 6.75. The maximum Gasteiger partial charge on any atom is 0.276 e. The van der Waals surface area contributed by atoms with Crippen molar-refractivity contribution in [1.82, 2.24) is 9.78 Å². The van der Waals surface area contributed by atoms with Crippen LogP contribution >= 0.6 is 0 Å². The third-order valence-electron chi connectivity index (χ3n) is 4.26. The first-order valence-electron chi connectivity index (χ1n) is 9.02. The van der Waals surface area contributed by atoms with E-state index in [0.717, 1.165) is 17.0 Å². The van der Waals surface area contributed by atoms with E-state index in [1.807, 2.05) is 44.2 Å². The summed E-state index contributed by atoms with van der Waals surface area (Å²) in [7, 11) is 1.80. The average molecular weight is 379 g/mol. The Morgan fingerprint density at radius 2 is 1.86 bits per heavy atom. The van der Waals surface area contributed by atoms with Gasteiger partial charge in [-0.1, -0.05) is 0 Å². The molecule has 1 N–H and O–H groups in total. The van der Waals surface area contributed by atoms with E-state index in [2.05, 4.69) is 10.4 Å². The van der Waals surface area contributed by atoms with E-state index in [0.29, 0.717) is 22.9 Å². The first-order valence-corrected chi connectivity index (χ1v) is 9.02. The molecular weight excluding hydrogens is 358 g/mol. The van der Waals surface area contributed by atoms with Crippen molar-refractivity contribution in [3.63, 3.8) is 0 Å². The van der Waals surface area contributed by atoms with Gasteiger partial charge < -0.3 is 19.5 Å². The minimum absolute atomic E-state index is 0.101. The standard InChI is InChI=1S/C21H21N3O4/c1-13(2)28-16-7-5-15(6-8-16)22-21(25)17-11-18(24(3)23-17)14-4-9-19-20(10-14)27-12-26-19/h4-11,13H,12H2,1-3H3,(H,22,25). The van der Waals surface area contributed by atoms with Crippen molar-refractivity contribution in [2.75, 3.05) is 12.1 Å². The summed E-state index contributed by atoms with van der Waals surface area (Å²) < 4.78 is 18.1. The van der Waals surface area contributed by atoms with Gasteiger partial charge in [-0.25, -0.2) is 0 Å². The Hall–Kier alpha value is -3.48. The van der Waals surface area contributed by atoms with Crippen LogP contribution in [0.25, 0.3) is 11.3 Å². The van der Waals surface area contributed by atoms with Crippen LogP contribution in [0.1, 0.15) is 24.3 Å². The number of hydrogen-bond acceptors (Lipinski definition) is 5. The highest BCUT2D eigenvalue weighted by molar-refractivity contribution is 6.03. The number of nitrogens with one attached hydrogen (secondary N) is 1. The molecule has 0 fully saturated rings. The Morgan fingerprint density at radius 3 is 2.61 bits per heavy atom. The maximum absolute atomic E-state index is 12.6. The number of nitrogens with zero attached hydrogens (tertiary/aromatic N) is 2. The Morgan fingerprint density at radius 1 is 1.11 bits per heavy atom. The summed E-state index contributed by atoms with van der Waals surface area (Å²) in [5, 5.41) is 7.20. The van der Waals surface area contributed by atoms with Gasteiger partial charge in [0.1, 0.15) is 5.75 Å². The molecular formula is C21H21N3O4. The lowest BCUT2D eigenvalue weighted by Gasteiger charge is -2.10. The van der Waals surface area contributed by atoms with Crippen LogP contribution in [0.3, 0.4) is 0 Å². The molecule has 0 saturated heterocycles. The Kier molecular flexibility index (Phi) is 4.65. The van der Waals surface area contributed by atoms with E-state index < -0.39 is 0 Å². The fourth-order valence-electron chi connectivity index (χ4n) is 2.99. The zero-order valence-electron chi connectivity index (χ0n) is 15.9. The van der Waals surface area contributed by atoms with Gasteiger partial charge >= 0.3 is 0 Å². The number of rotatable bonds is 5. The highest BCUT2D eigenvalue weighted by Crippen LogP contribution is 2.36. The molecule has 1 aliphatic rings. The van der Waals surface area contributed by atoms with E-state index in [1.165, 1.54) is 0 Å². The molecule has 3 aromatic rings. The number of carbonyl (C=O) groups is 1. The summed E-state index contributed by atoms with van der Waals surface area (Å²) in [6.45, 7) is 4.15. The molecule has 1 amide bonds. The predicted molar refractivity (Wildman–Crippen MR) is 105 cm³/mol. The van der Waals surface area contributed by atoms with Gasteiger partial charge in [0.25, 0.3) is 5.91 Å². The molecule has 4 rings (SSSR count). The Bertz CT molecular complexity index is 1010. The zero-order valence-corrected chi connectivity index (χ0v) is 15.9. The molecule has 1 aromatic heterocycles. The number of aryl methyl sites for hydroxylation is 1. The molecule has 2 aromatic carbocycles. The van der Waals surface area contributed by atoms with Crippen LogP contribution in [0.4, 0.5) is 5.69 Å². The number of amides is 1. The molecule has 1 aliphatic heterocycles. The highest BCUT2D eigenvalue weighted by atomic mass is 16.7. The Balaban J connectivity index is 1.50. The fourth-order valence-corrected chi connectivity index (χ4v) is 2.99. The molecule has 0 atom stereocenters. The van der Waals surface area contributed by atoms with Crippen LogP contribution in [0.5, 0.6) is 17.2 Å². The molecule has 0 aliphatic carbocycles. The second kappa shape index (κ2) is 7.26. The van der Waals surface area contributed by atoms with E-state index in [1.54, 1.807) is 29.9 Å². The average Bonchev–Trinajstić information content (AvgIpc) is 3.28. The lowest BCUT2D eigenvalue weighted by Crippen LogP contribution is -2.13. The first-order chi connectivity index (χ1) is 13.5. The van der Waals surface area contributed by atoms with Crippen LogP contribution in [-0.2, 0) is 7.05 Å². The third kappa shape index (κ3) is 3.64.